The normalized spacial score (nSPS) is 25.6. The summed E-state index contributed by atoms with van der Waals surface area (Å²) >= 11 is 1.45. The fourth-order valence-electron chi connectivity index (χ4n) is 4.03. The molecule has 1 amide bonds. The van der Waals surface area contributed by atoms with Crippen molar-refractivity contribution in [2.45, 2.75) is 25.0 Å². The lowest BCUT2D eigenvalue weighted by Crippen LogP contribution is -2.50. The number of hydrogen-bond donors (Lipinski definition) is 2. The van der Waals surface area contributed by atoms with E-state index in [1.54, 1.807) is 6.07 Å². The van der Waals surface area contributed by atoms with E-state index < -0.39 is 17.3 Å². The van der Waals surface area contributed by atoms with E-state index in [-0.39, 0.29) is 17.7 Å². The number of carbonyl (C=O) groups excluding carboxylic acids is 1. The second kappa shape index (κ2) is 8.05. The average molecular weight is 425 g/mol. The summed E-state index contributed by atoms with van der Waals surface area (Å²) in [6, 6.07) is 9.39. The van der Waals surface area contributed by atoms with Gasteiger partial charge < -0.3 is 15.8 Å². The van der Waals surface area contributed by atoms with E-state index in [0.717, 1.165) is 0 Å². The number of nitriles is 1. The number of hydrogen-bond acceptors (Lipinski definition) is 7. The summed E-state index contributed by atoms with van der Waals surface area (Å²) < 4.78 is 20.8. The summed E-state index contributed by atoms with van der Waals surface area (Å²) in [4.78, 5) is 21.2. The lowest BCUT2D eigenvalue weighted by molar-refractivity contribution is -0.0514. The third-order valence-corrected chi connectivity index (χ3v) is 6.49. The molecule has 2 aromatic rings. The number of thioether (sulfide) groups is 1. The Bertz CT molecular complexity index is 1050. The van der Waals surface area contributed by atoms with Gasteiger partial charge in [-0.3, -0.25) is 9.79 Å². The van der Waals surface area contributed by atoms with E-state index in [2.05, 4.69) is 10.3 Å². The summed E-state index contributed by atoms with van der Waals surface area (Å²) in [7, 11) is 0. The molecule has 2 aliphatic heterocycles. The fraction of sp³-hybridized carbons (Fsp3) is 0.333. The number of nitrogens with one attached hydrogen (secondary N) is 1. The minimum absolute atomic E-state index is 0.0378. The van der Waals surface area contributed by atoms with Crippen LogP contribution in [0.1, 0.15) is 35.0 Å². The van der Waals surface area contributed by atoms with Crippen molar-refractivity contribution in [3.8, 4) is 6.07 Å². The molecule has 1 aromatic heterocycles. The van der Waals surface area contributed by atoms with Crippen molar-refractivity contribution < 1.29 is 13.9 Å². The molecule has 0 radical (unpaired) electrons. The van der Waals surface area contributed by atoms with Crippen LogP contribution >= 0.6 is 11.8 Å². The average Bonchev–Trinajstić information content (AvgIpc) is 2.75. The van der Waals surface area contributed by atoms with Gasteiger partial charge in [0, 0.05) is 42.1 Å². The fourth-order valence-corrected chi connectivity index (χ4v) is 5.15. The predicted octanol–water partition coefficient (Wildman–Crippen LogP) is 3.03. The molecule has 1 aromatic carbocycles. The Morgan fingerprint density at radius 3 is 3.00 bits per heavy atom. The van der Waals surface area contributed by atoms with Crippen molar-refractivity contribution in [2.24, 2.45) is 16.6 Å². The number of nitrogens with zero attached hydrogens (tertiary/aromatic N) is 3. The summed E-state index contributed by atoms with van der Waals surface area (Å²) in [5, 5.41) is 12.0. The van der Waals surface area contributed by atoms with Crippen LogP contribution in [0.25, 0.3) is 0 Å². The number of fused-ring (bicyclic) bond motifs is 1. The minimum Gasteiger partial charge on any atom is -0.379 e. The van der Waals surface area contributed by atoms with Gasteiger partial charge in [0.25, 0.3) is 5.91 Å². The molecule has 9 heteroatoms. The first kappa shape index (κ1) is 20.3. The quantitative estimate of drug-likeness (QED) is 0.781. The maximum absolute atomic E-state index is 15.0. The SMILES string of the molecule is C[C@H]1OCC[C@]2(c3cc(NC(=O)c4ccc(C#N)cn4)ccc3F)N=C(N)SC[C@H]12. The van der Waals surface area contributed by atoms with Gasteiger partial charge in [-0.1, -0.05) is 11.8 Å². The number of benzene rings is 1. The second-order valence-electron chi connectivity index (χ2n) is 7.31. The highest BCUT2D eigenvalue weighted by molar-refractivity contribution is 8.13. The molecule has 30 heavy (non-hydrogen) atoms. The molecule has 3 heterocycles. The number of pyridine rings is 1. The Labute approximate surface area is 177 Å². The largest absolute Gasteiger partial charge is 0.379 e. The third-order valence-electron chi connectivity index (χ3n) is 5.58. The van der Waals surface area contributed by atoms with Crippen LogP contribution in [0.2, 0.25) is 0 Å². The first-order valence-electron chi connectivity index (χ1n) is 9.50. The number of aliphatic imine (C=N–C) groups is 1. The number of halogens is 1. The maximum Gasteiger partial charge on any atom is 0.274 e. The van der Waals surface area contributed by atoms with Crippen LogP contribution in [0.5, 0.6) is 0 Å². The number of ether oxygens (including phenoxy) is 1. The zero-order valence-corrected chi connectivity index (χ0v) is 17.1. The first-order chi connectivity index (χ1) is 14.4. The number of rotatable bonds is 3. The van der Waals surface area contributed by atoms with Crippen LogP contribution in [0.3, 0.4) is 0 Å². The Kier molecular flexibility index (Phi) is 5.45. The van der Waals surface area contributed by atoms with Crippen LogP contribution < -0.4 is 11.1 Å². The molecule has 2 aliphatic rings. The lowest BCUT2D eigenvalue weighted by Gasteiger charge is -2.47. The topological polar surface area (TPSA) is 113 Å². The van der Waals surface area contributed by atoms with Crippen molar-refractivity contribution in [2.75, 3.05) is 17.7 Å². The van der Waals surface area contributed by atoms with E-state index in [9.17, 15) is 4.79 Å². The van der Waals surface area contributed by atoms with Gasteiger partial charge in [0.05, 0.1) is 17.2 Å². The molecule has 0 spiro atoms. The summed E-state index contributed by atoms with van der Waals surface area (Å²) in [6.07, 6.45) is 1.74. The first-order valence-corrected chi connectivity index (χ1v) is 10.5. The maximum atomic E-state index is 15.0. The highest BCUT2D eigenvalue weighted by Gasteiger charge is 2.49. The van der Waals surface area contributed by atoms with Crippen molar-refractivity contribution in [3.05, 3.63) is 59.2 Å². The molecule has 0 aliphatic carbocycles. The molecule has 3 N–H and O–H groups in total. The lowest BCUT2D eigenvalue weighted by atomic mass is 9.72. The Morgan fingerprint density at radius 2 is 2.27 bits per heavy atom. The van der Waals surface area contributed by atoms with Crippen LogP contribution in [-0.2, 0) is 10.3 Å². The van der Waals surface area contributed by atoms with Crippen LogP contribution in [-0.4, -0.2) is 34.5 Å². The van der Waals surface area contributed by atoms with E-state index in [1.807, 2.05) is 13.0 Å². The smallest absolute Gasteiger partial charge is 0.274 e. The standard InChI is InChI=1S/C21H20FN5O2S/c1-12-16-11-30-20(24)27-21(16,6-7-29-12)15-8-14(3-4-17(15)22)26-19(28)18-5-2-13(9-23)10-25-18/h2-5,8,10,12,16H,6-7,11H2,1H3,(H2,24,27)(H,26,28)/t12-,16-,21-/m1/s1. The van der Waals surface area contributed by atoms with Gasteiger partial charge >= 0.3 is 0 Å². The van der Waals surface area contributed by atoms with Gasteiger partial charge in [-0.05, 0) is 37.3 Å². The second-order valence-corrected chi connectivity index (χ2v) is 8.35. The summed E-state index contributed by atoms with van der Waals surface area (Å²) in [6.45, 7) is 2.42. The Morgan fingerprint density at radius 1 is 1.43 bits per heavy atom. The molecule has 0 bridgehead atoms. The molecule has 0 unspecified atom stereocenters. The van der Waals surface area contributed by atoms with E-state index in [0.29, 0.717) is 40.8 Å². The van der Waals surface area contributed by atoms with Crippen LogP contribution in [0.15, 0.2) is 41.5 Å². The molecule has 4 rings (SSSR count). The highest BCUT2D eigenvalue weighted by Crippen LogP contribution is 2.48. The number of aromatic nitrogens is 1. The molecule has 0 saturated carbocycles. The zero-order chi connectivity index (χ0) is 21.3. The monoisotopic (exact) mass is 425 g/mol. The van der Waals surface area contributed by atoms with E-state index >= 15 is 4.39 Å². The molecule has 3 atom stereocenters. The summed E-state index contributed by atoms with van der Waals surface area (Å²) in [5.41, 5.74) is 6.55. The number of amidine groups is 1. The van der Waals surface area contributed by atoms with Crippen molar-refractivity contribution in [1.82, 2.24) is 4.98 Å². The number of carbonyl (C=O) groups is 1. The molecule has 1 fully saturated rings. The Hall–Kier alpha value is -2.96. The number of anilines is 1. The zero-order valence-electron chi connectivity index (χ0n) is 16.3. The minimum atomic E-state index is -0.829. The van der Waals surface area contributed by atoms with E-state index in [4.69, 9.17) is 20.7 Å². The predicted molar refractivity (Wildman–Crippen MR) is 113 cm³/mol. The molecular weight excluding hydrogens is 405 g/mol. The van der Waals surface area contributed by atoms with Crippen LogP contribution in [0.4, 0.5) is 10.1 Å². The van der Waals surface area contributed by atoms with Gasteiger partial charge in [-0.2, -0.15) is 5.26 Å². The van der Waals surface area contributed by atoms with Crippen molar-refractivity contribution >= 4 is 28.5 Å². The van der Waals surface area contributed by atoms with E-state index in [1.165, 1.54) is 42.2 Å². The summed E-state index contributed by atoms with van der Waals surface area (Å²) in [5.74, 6) is -0.202. The molecule has 154 valence electrons. The van der Waals surface area contributed by atoms with Gasteiger partial charge in [0.1, 0.15) is 17.6 Å². The van der Waals surface area contributed by atoms with Crippen molar-refractivity contribution in [3.63, 3.8) is 0 Å². The van der Waals surface area contributed by atoms with Crippen molar-refractivity contribution in [1.29, 1.82) is 5.26 Å². The van der Waals surface area contributed by atoms with Gasteiger partial charge in [-0.15, -0.1) is 0 Å². The molecular formula is C21H20FN5O2S. The Balaban J connectivity index is 1.68. The molecule has 7 nitrogen and oxygen atoms in total. The van der Waals surface area contributed by atoms with Crippen LogP contribution in [0, 0.1) is 23.1 Å². The number of nitrogens with two attached hydrogens (primary N) is 1. The van der Waals surface area contributed by atoms with Gasteiger partial charge in [0.2, 0.25) is 0 Å². The van der Waals surface area contributed by atoms with Gasteiger partial charge in [-0.25, -0.2) is 9.37 Å². The third kappa shape index (κ3) is 3.64. The number of amides is 1. The molecule has 1 saturated heterocycles. The van der Waals surface area contributed by atoms with Gasteiger partial charge in [0.15, 0.2) is 5.17 Å². The highest BCUT2D eigenvalue weighted by atomic mass is 32.2.